The number of carbonyl (C=O) groups excluding carboxylic acids is 1. The third-order valence-electron chi connectivity index (χ3n) is 2.12. The topological polar surface area (TPSA) is 20.3 Å². The van der Waals surface area contributed by atoms with Crippen LogP contribution >= 0.6 is 0 Å². The Bertz CT molecular complexity index is 139. The van der Waals surface area contributed by atoms with Gasteiger partial charge in [0.1, 0.15) is 0 Å². The van der Waals surface area contributed by atoms with Gasteiger partial charge in [-0.05, 0) is 12.3 Å². The molecule has 2 atom stereocenters. The van der Waals surface area contributed by atoms with E-state index in [0.29, 0.717) is 11.8 Å². The van der Waals surface area contributed by atoms with Crippen molar-refractivity contribution in [2.24, 2.45) is 11.8 Å². The van der Waals surface area contributed by atoms with E-state index in [-0.39, 0.29) is 0 Å². The summed E-state index contributed by atoms with van der Waals surface area (Å²) in [5.74, 6) is 1.56. The zero-order chi connectivity index (χ0) is 5.72. The summed E-state index contributed by atoms with van der Waals surface area (Å²) in [7, 11) is 1.88. The van der Waals surface area contributed by atoms with Crippen LogP contribution in [0.25, 0.3) is 0 Å². The maximum Gasteiger partial charge on any atom is 0.225 e. The molecule has 1 aliphatic carbocycles. The second-order valence-corrected chi connectivity index (χ2v) is 2.82. The Hall–Kier alpha value is -0.530. The zero-order valence-electron chi connectivity index (χ0n) is 4.92. The fraction of sp³-hybridized carbons (Fsp3) is 0.833. The van der Waals surface area contributed by atoms with E-state index in [4.69, 9.17) is 0 Å². The lowest BCUT2D eigenvalue weighted by atomic mass is 10.4. The van der Waals surface area contributed by atoms with Gasteiger partial charge in [0, 0.05) is 19.5 Å². The van der Waals surface area contributed by atoms with Crippen LogP contribution in [0.3, 0.4) is 0 Å². The first-order valence-corrected chi connectivity index (χ1v) is 3.04. The lowest BCUT2D eigenvalue weighted by molar-refractivity contribution is -0.128. The molecule has 0 unspecified atom stereocenters. The summed E-state index contributed by atoms with van der Waals surface area (Å²) in [6.45, 7) is 1.02. The molecule has 44 valence electrons. The van der Waals surface area contributed by atoms with Crippen LogP contribution in [-0.2, 0) is 4.79 Å². The van der Waals surface area contributed by atoms with E-state index in [1.54, 1.807) is 0 Å². The number of likely N-dealkylation sites (tertiary alicyclic amines) is 1. The molecule has 2 nitrogen and oxygen atoms in total. The summed E-state index contributed by atoms with van der Waals surface area (Å²) in [6.07, 6.45) is 1.17. The predicted octanol–water partition coefficient (Wildman–Crippen LogP) is 0.0945. The Kier molecular flexibility index (Phi) is 0.581. The highest BCUT2D eigenvalue weighted by Crippen LogP contribution is 2.45. The first-order chi connectivity index (χ1) is 3.79. The van der Waals surface area contributed by atoms with Gasteiger partial charge in [0.25, 0.3) is 0 Å². The quantitative estimate of drug-likeness (QED) is 0.434. The number of fused-ring (bicyclic) bond motifs is 1. The molecule has 1 saturated carbocycles. The molecule has 0 aromatic heterocycles. The zero-order valence-corrected chi connectivity index (χ0v) is 4.92. The van der Waals surface area contributed by atoms with Crippen molar-refractivity contribution in [1.82, 2.24) is 4.90 Å². The van der Waals surface area contributed by atoms with Crippen LogP contribution in [-0.4, -0.2) is 24.4 Å². The molecule has 1 saturated heterocycles. The number of rotatable bonds is 0. The molecule has 2 rings (SSSR count). The lowest BCUT2D eigenvalue weighted by Crippen LogP contribution is -2.22. The molecule has 2 heteroatoms. The third kappa shape index (κ3) is 0.358. The van der Waals surface area contributed by atoms with E-state index in [1.165, 1.54) is 6.42 Å². The van der Waals surface area contributed by atoms with Crippen molar-refractivity contribution >= 4 is 5.91 Å². The minimum atomic E-state index is 0.370. The van der Waals surface area contributed by atoms with E-state index < -0.39 is 0 Å². The Balaban J connectivity index is 2.19. The molecule has 2 fully saturated rings. The molecule has 0 radical (unpaired) electrons. The van der Waals surface area contributed by atoms with E-state index >= 15 is 0 Å². The third-order valence-corrected chi connectivity index (χ3v) is 2.12. The van der Waals surface area contributed by atoms with Crippen molar-refractivity contribution in [2.75, 3.05) is 13.6 Å². The van der Waals surface area contributed by atoms with Gasteiger partial charge in [-0.15, -0.1) is 0 Å². The van der Waals surface area contributed by atoms with Gasteiger partial charge in [0.05, 0.1) is 0 Å². The normalized spacial score (nSPS) is 42.6. The first kappa shape index (κ1) is 4.36. The summed E-state index contributed by atoms with van der Waals surface area (Å²) in [5.41, 5.74) is 0. The largest absolute Gasteiger partial charge is 0.345 e. The Morgan fingerprint density at radius 1 is 1.75 bits per heavy atom. The molecule has 0 aromatic rings. The van der Waals surface area contributed by atoms with Crippen molar-refractivity contribution in [3.63, 3.8) is 0 Å². The molecular formula is C6H9NO. The van der Waals surface area contributed by atoms with E-state index in [0.717, 1.165) is 12.5 Å². The number of nitrogens with zero attached hydrogens (tertiary/aromatic N) is 1. The van der Waals surface area contributed by atoms with Crippen LogP contribution in [0, 0.1) is 11.8 Å². The maximum atomic E-state index is 10.9. The van der Waals surface area contributed by atoms with Crippen LogP contribution in [0.4, 0.5) is 0 Å². The molecule has 0 spiro atoms. The van der Waals surface area contributed by atoms with Crippen molar-refractivity contribution in [2.45, 2.75) is 6.42 Å². The van der Waals surface area contributed by atoms with Crippen LogP contribution in [0.1, 0.15) is 6.42 Å². The van der Waals surface area contributed by atoms with E-state index in [2.05, 4.69) is 0 Å². The van der Waals surface area contributed by atoms with Crippen LogP contribution in [0.5, 0.6) is 0 Å². The molecule has 1 amide bonds. The summed E-state index contributed by atoms with van der Waals surface area (Å²) in [4.78, 5) is 12.7. The molecule has 0 bridgehead atoms. The van der Waals surface area contributed by atoms with Gasteiger partial charge >= 0.3 is 0 Å². The SMILES string of the molecule is CN1C[C@@H]2C[C@@H]2C1=O. The van der Waals surface area contributed by atoms with Gasteiger partial charge in [-0.25, -0.2) is 0 Å². The second kappa shape index (κ2) is 1.07. The highest BCUT2D eigenvalue weighted by molar-refractivity contribution is 5.84. The summed E-state index contributed by atoms with van der Waals surface area (Å²) < 4.78 is 0. The molecular weight excluding hydrogens is 102 g/mol. The highest BCUT2D eigenvalue weighted by Gasteiger charge is 2.50. The van der Waals surface area contributed by atoms with Crippen LogP contribution in [0.15, 0.2) is 0 Å². The van der Waals surface area contributed by atoms with Crippen LogP contribution in [0.2, 0.25) is 0 Å². The summed E-state index contributed by atoms with van der Waals surface area (Å²) >= 11 is 0. The molecule has 8 heavy (non-hydrogen) atoms. The molecule has 0 N–H and O–H groups in total. The predicted molar refractivity (Wildman–Crippen MR) is 29.2 cm³/mol. The van der Waals surface area contributed by atoms with Gasteiger partial charge in [-0.2, -0.15) is 0 Å². The number of hydrogen-bond donors (Lipinski definition) is 0. The maximum absolute atomic E-state index is 10.9. The van der Waals surface area contributed by atoms with E-state index in [9.17, 15) is 4.79 Å². The second-order valence-electron chi connectivity index (χ2n) is 2.82. The lowest BCUT2D eigenvalue weighted by Gasteiger charge is -2.08. The van der Waals surface area contributed by atoms with Gasteiger partial charge in [-0.3, -0.25) is 4.79 Å². The standard InChI is InChI=1S/C6H9NO/c1-7-3-4-2-5(4)6(7)8/h4-5H,2-3H2,1H3/t4-,5-/m0/s1. The average Bonchev–Trinajstić information content (AvgIpc) is 2.39. The Morgan fingerprint density at radius 3 is 2.75 bits per heavy atom. The van der Waals surface area contributed by atoms with Crippen molar-refractivity contribution in [3.8, 4) is 0 Å². The van der Waals surface area contributed by atoms with Gasteiger partial charge in [0.15, 0.2) is 0 Å². The molecule has 0 aromatic carbocycles. The Morgan fingerprint density at radius 2 is 2.50 bits per heavy atom. The minimum absolute atomic E-state index is 0.370. The summed E-state index contributed by atoms with van der Waals surface area (Å²) in [6, 6.07) is 0. The van der Waals surface area contributed by atoms with Crippen LogP contribution < -0.4 is 0 Å². The molecule has 2 aliphatic rings. The van der Waals surface area contributed by atoms with Crippen molar-refractivity contribution < 1.29 is 4.79 Å². The Labute approximate surface area is 48.5 Å². The molecule has 1 aliphatic heterocycles. The number of carbonyl (C=O) groups is 1. The smallest absolute Gasteiger partial charge is 0.225 e. The number of amides is 1. The number of piperidine rings is 1. The molecule has 1 heterocycles. The number of hydrogen-bond acceptors (Lipinski definition) is 1. The van der Waals surface area contributed by atoms with Crippen molar-refractivity contribution in [1.29, 1.82) is 0 Å². The van der Waals surface area contributed by atoms with E-state index in [1.807, 2.05) is 11.9 Å². The van der Waals surface area contributed by atoms with Gasteiger partial charge in [0.2, 0.25) is 5.91 Å². The fourth-order valence-corrected chi connectivity index (χ4v) is 1.48. The fourth-order valence-electron chi connectivity index (χ4n) is 1.48. The first-order valence-electron chi connectivity index (χ1n) is 3.04. The highest BCUT2D eigenvalue weighted by atomic mass is 16.2. The summed E-state index contributed by atoms with van der Waals surface area (Å²) in [5, 5.41) is 0. The van der Waals surface area contributed by atoms with Gasteiger partial charge in [-0.1, -0.05) is 0 Å². The monoisotopic (exact) mass is 111 g/mol. The minimum Gasteiger partial charge on any atom is -0.345 e. The van der Waals surface area contributed by atoms with Crippen molar-refractivity contribution in [3.05, 3.63) is 0 Å². The average molecular weight is 111 g/mol. The van der Waals surface area contributed by atoms with Gasteiger partial charge < -0.3 is 4.90 Å².